The van der Waals surface area contributed by atoms with Crippen LogP contribution in [0.1, 0.15) is 19.5 Å². The summed E-state index contributed by atoms with van der Waals surface area (Å²) in [6, 6.07) is 1.63. The van der Waals surface area contributed by atoms with Crippen LogP contribution in [-0.4, -0.2) is 42.6 Å². The summed E-state index contributed by atoms with van der Waals surface area (Å²) in [7, 11) is -1.67. The van der Waals surface area contributed by atoms with E-state index in [0.29, 0.717) is 23.9 Å². The van der Waals surface area contributed by atoms with Crippen molar-refractivity contribution in [2.75, 3.05) is 13.1 Å². The molecule has 0 aromatic carbocycles. The maximum atomic E-state index is 12.6. The van der Waals surface area contributed by atoms with Gasteiger partial charge in [0, 0.05) is 32.0 Å². The molecule has 2 atom stereocenters. The number of morpholine rings is 1. The zero-order valence-electron chi connectivity index (χ0n) is 11.3. The number of sulfonamides is 1. The molecule has 7 heteroatoms. The average molecular weight is 307 g/mol. The second-order valence-corrected chi connectivity index (χ2v) is 7.20. The molecule has 2 unspecified atom stereocenters. The minimum atomic E-state index is -3.47. The summed E-state index contributed by atoms with van der Waals surface area (Å²) in [6.45, 7) is 4.54. The summed E-state index contributed by atoms with van der Waals surface area (Å²) < 4.78 is 33.9. The molecule has 1 saturated heterocycles. The SMILES string of the molecule is CC1CN(S(=O)(=O)c2cc(CCl)n(C)c2)CC(C)O1. The van der Waals surface area contributed by atoms with Crippen LogP contribution in [0.25, 0.3) is 0 Å². The molecule has 0 N–H and O–H groups in total. The van der Waals surface area contributed by atoms with E-state index < -0.39 is 10.0 Å². The van der Waals surface area contributed by atoms with E-state index in [4.69, 9.17) is 16.3 Å². The third-order valence-corrected chi connectivity index (χ3v) is 5.31. The predicted molar refractivity (Wildman–Crippen MR) is 73.7 cm³/mol. The van der Waals surface area contributed by atoms with Gasteiger partial charge in [-0.05, 0) is 19.9 Å². The second-order valence-electron chi connectivity index (χ2n) is 4.99. The Bertz CT molecular complexity index is 545. The molecule has 19 heavy (non-hydrogen) atoms. The summed E-state index contributed by atoms with van der Waals surface area (Å²) in [5.41, 5.74) is 0.787. The number of hydrogen-bond acceptors (Lipinski definition) is 3. The van der Waals surface area contributed by atoms with Gasteiger partial charge in [-0.2, -0.15) is 4.31 Å². The number of alkyl halides is 1. The lowest BCUT2D eigenvalue weighted by atomic mass is 10.3. The zero-order chi connectivity index (χ0) is 14.2. The van der Waals surface area contributed by atoms with Crippen molar-refractivity contribution < 1.29 is 13.2 Å². The van der Waals surface area contributed by atoms with Crippen LogP contribution < -0.4 is 0 Å². The van der Waals surface area contributed by atoms with Gasteiger partial charge in [-0.25, -0.2) is 8.42 Å². The zero-order valence-corrected chi connectivity index (χ0v) is 12.9. The maximum Gasteiger partial charge on any atom is 0.244 e. The fourth-order valence-electron chi connectivity index (χ4n) is 2.33. The average Bonchev–Trinajstić information content (AvgIpc) is 2.70. The van der Waals surface area contributed by atoms with E-state index in [1.165, 1.54) is 4.31 Å². The van der Waals surface area contributed by atoms with Crippen molar-refractivity contribution in [2.24, 2.45) is 7.05 Å². The molecule has 108 valence electrons. The Balaban J connectivity index is 2.30. The molecule has 1 fully saturated rings. The van der Waals surface area contributed by atoms with Crippen molar-refractivity contribution >= 4 is 21.6 Å². The van der Waals surface area contributed by atoms with Crippen molar-refractivity contribution in [3.8, 4) is 0 Å². The van der Waals surface area contributed by atoms with E-state index in [1.807, 2.05) is 13.8 Å². The predicted octanol–water partition coefficient (Wildman–Crippen LogP) is 1.56. The van der Waals surface area contributed by atoms with E-state index in [-0.39, 0.29) is 12.2 Å². The van der Waals surface area contributed by atoms with Crippen molar-refractivity contribution in [1.82, 2.24) is 8.87 Å². The molecule has 2 heterocycles. The van der Waals surface area contributed by atoms with E-state index >= 15 is 0 Å². The summed E-state index contributed by atoms with van der Waals surface area (Å²) in [6.07, 6.45) is 1.43. The first kappa shape index (κ1) is 14.8. The highest BCUT2D eigenvalue weighted by molar-refractivity contribution is 7.89. The summed E-state index contributed by atoms with van der Waals surface area (Å²) in [5, 5.41) is 0. The summed E-state index contributed by atoms with van der Waals surface area (Å²) in [5.74, 6) is 0.294. The molecule has 0 aliphatic carbocycles. The van der Waals surface area contributed by atoms with Crippen molar-refractivity contribution in [2.45, 2.75) is 36.8 Å². The molecule has 1 aromatic rings. The van der Waals surface area contributed by atoms with Gasteiger partial charge >= 0.3 is 0 Å². The molecule has 0 bridgehead atoms. The topological polar surface area (TPSA) is 51.5 Å². The van der Waals surface area contributed by atoms with E-state index in [9.17, 15) is 8.42 Å². The van der Waals surface area contributed by atoms with Gasteiger partial charge in [0.05, 0.1) is 18.1 Å². The third-order valence-electron chi connectivity index (χ3n) is 3.24. The Kier molecular flexibility index (Phi) is 4.25. The Morgan fingerprint density at radius 3 is 2.42 bits per heavy atom. The van der Waals surface area contributed by atoms with Crippen molar-refractivity contribution in [3.63, 3.8) is 0 Å². The number of aromatic nitrogens is 1. The lowest BCUT2D eigenvalue weighted by Crippen LogP contribution is -2.48. The Morgan fingerprint density at radius 2 is 1.95 bits per heavy atom. The molecule has 2 rings (SSSR count). The maximum absolute atomic E-state index is 12.6. The first-order chi connectivity index (χ1) is 8.84. The van der Waals surface area contributed by atoms with Gasteiger partial charge in [0.25, 0.3) is 0 Å². The number of hydrogen-bond donors (Lipinski definition) is 0. The summed E-state index contributed by atoms with van der Waals surface area (Å²) >= 11 is 5.78. The van der Waals surface area contributed by atoms with Gasteiger partial charge in [-0.1, -0.05) is 0 Å². The highest BCUT2D eigenvalue weighted by Gasteiger charge is 2.32. The van der Waals surface area contributed by atoms with Gasteiger partial charge in [0.2, 0.25) is 10.0 Å². The monoisotopic (exact) mass is 306 g/mol. The fraction of sp³-hybridized carbons (Fsp3) is 0.667. The molecule has 1 aliphatic heterocycles. The second kappa shape index (κ2) is 5.44. The van der Waals surface area contributed by atoms with Gasteiger partial charge in [0.15, 0.2) is 0 Å². The number of rotatable bonds is 3. The van der Waals surface area contributed by atoms with Crippen LogP contribution >= 0.6 is 11.6 Å². The summed E-state index contributed by atoms with van der Waals surface area (Å²) in [4.78, 5) is 0.298. The smallest absolute Gasteiger partial charge is 0.244 e. The normalized spacial score (nSPS) is 25.7. The van der Waals surface area contributed by atoms with Crippen LogP contribution in [0, 0.1) is 0 Å². The fourth-order valence-corrected chi connectivity index (χ4v) is 4.28. The lowest BCUT2D eigenvalue weighted by Gasteiger charge is -2.34. The number of aryl methyl sites for hydroxylation is 1. The number of ether oxygens (including phenoxy) is 1. The Hall–Kier alpha value is -0.560. The molecular weight excluding hydrogens is 288 g/mol. The van der Waals surface area contributed by atoms with Crippen LogP contribution in [0.2, 0.25) is 0 Å². The largest absolute Gasteiger partial charge is 0.373 e. The van der Waals surface area contributed by atoms with E-state index in [0.717, 1.165) is 5.69 Å². The first-order valence-electron chi connectivity index (χ1n) is 6.21. The van der Waals surface area contributed by atoms with E-state index in [2.05, 4.69) is 0 Å². The van der Waals surface area contributed by atoms with Crippen molar-refractivity contribution in [1.29, 1.82) is 0 Å². The number of halogens is 1. The quantitative estimate of drug-likeness (QED) is 0.796. The molecule has 1 aromatic heterocycles. The minimum absolute atomic E-state index is 0.0882. The Morgan fingerprint density at radius 1 is 1.37 bits per heavy atom. The van der Waals surface area contributed by atoms with E-state index in [1.54, 1.807) is 23.9 Å². The molecule has 5 nitrogen and oxygen atoms in total. The standard InChI is InChI=1S/C12H19ClN2O3S/c1-9-6-15(7-10(2)18-9)19(16,17)12-4-11(5-13)14(3)8-12/h4,8-10H,5-7H2,1-3H3. The first-order valence-corrected chi connectivity index (χ1v) is 8.19. The van der Waals surface area contributed by atoms with Crippen LogP contribution in [0.3, 0.4) is 0 Å². The van der Waals surface area contributed by atoms with Crippen LogP contribution in [-0.2, 0) is 27.7 Å². The molecule has 0 radical (unpaired) electrons. The van der Waals surface area contributed by atoms with Gasteiger partial charge in [-0.15, -0.1) is 11.6 Å². The van der Waals surface area contributed by atoms with Crippen LogP contribution in [0.15, 0.2) is 17.2 Å². The van der Waals surface area contributed by atoms with Gasteiger partial charge < -0.3 is 9.30 Å². The molecule has 1 aliphatic rings. The highest BCUT2D eigenvalue weighted by atomic mass is 35.5. The number of nitrogens with zero attached hydrogens (tertiary/aromatic N) is 2. The van der Waals surface area contributed by atoms with Gasteiger partial charge in [0.1, 0.15) is 4.90 Å². The molecule has 0 amide bonds. The molecule has 0 spiro atoms. The minimum Gasteiger partial charge on any atom is -0.373 e. The van der Waals surface area contributed by atoms with Crippen LogP contribution in [0.5, 0.6) is 0 Å². The molecule has 0 saturated carbocycles. The lowest BCUT2D eigenvalue weighted by molar-refractivity contribution is -0.0440. The third kappa shape index (κ3) is 2.97. The highest BCUT2D eigenvalue weighted by Crippen LogP contribution is 2.23. The molecular formula is C12H19ClN2O3S. The van der Waals surface area contributed by atoms with Crippen LogP contribution in [0.4, 0.5) is 0 Å². The Labute approximate surface area is 119 Å². The van der Waals surface area contributed by atoms with Crippen molar-refractivity contribution in [3.05, 3.63) is 18.0 Å². The van der Waals surface area contributed by atoms with Gasteiger partial charge in [-0.3, -0.25) is 0 Å².